The molecule has 0 saturated carbocycles. The Labute approximate surface area is 103 Å². The molecule has 1 aromatic carbocycles. The van der Waals surface area contributed by atoms with Gasteiger partial charge in [-0.2, -0.15) is 0 Å². The zero-order valence-corrected chi connectivity index (χ0v) is 9.91. The summed E-state index contributed by atoms with van der Waals surface area (Å²) in [6.07, 6.45) is 1.31. The van der Waals surface area contributed by atoms with Gasteiger partial charge >= 0.3 is 5.97 Å². The highest BCUT2D eigenvalue weighted by Gasteiger charge is 2.15. The van der Waals surface area contributed by atoms with E-state index < -0.39 is 28.9 Å². The van der Waals surface area contributed by atoms with Crippen molar-refractivity contribution in [3.8, 4) is 5.75 Å². The Morgan fingerprint density at radius 2 is 1.78 bits per heavy atom. The third-order valence-electron chi connectivity index (χ3n) is 2.23. The minimum absolute atomic E-state index is 0.142. The van der Waals surface area contributed by atoms with Gasteiger partial charge in [-0.15, -0.1) is 0 Å². The number of hydrogen-bond donors (Lipinski definition) is 1. The second-order valence-electron chi connectivity index (χ2n) is 3.62. The van der Waals surface area contributed by atoms with E-state index in [2.05, 4.69) is 0 Å². The van der Waals surface area contributed by atoms with Crippen molar-refractivity contribution in [2.75, 3.05) is 20.3 Å². The van der Waals surface area contributed by atoms with Crippen LogP contribution in [-0.2, 0) is 4.74 Å². The van der Waals surface area contributed by atoms with Crippen LogP contribution in [0.25, 0.3) is 0 Å². The molecule has 0 saturated heterocycles. The number of ether oxygens (including phenoxy) is 2. The van der Waals surface area contributed by atoms with E-state index in [1.807, 2.05) is 0 Å². The van der Waals surface area contributed by atoms with Crippen molar-refractivity contribution in [2.45, 2.75) is 12.8 Å². The number of carboxylic acids is 1. The van der Waals surface area contributed by atoms with Gasteiger partial charge in [0.15, 0.2) is 17.4 Å². The number of carbonyl (C=O) groups is 1. The lowest BCUT2D eigenvalue weighted by atomic mass is 10.2. The lowest BCUT2D eigenvalue weighted by Gasteiger charge is -2.08. The summed E-state index contributed by atoms with van der Waals surface area (Å²) >= 11 is 0. The van der Waals surface area contributed by atoms with Gasteiger partial charge in [0.1, 0.15) is 0 Å². The van der Waals surface area contributed by atoms with Crippen molar-refractivity contribution in [1.29, 1.82) is 0 Å². The van der Waals surface area contributed by atoms with Crippen LogP contribution in [0.15, 0.2) is 12.1 Å². The molecule has 0 aromatic heterocycles. The molecule has 100 valence electrons. The van der Waals surface area contributed by atoms with Gasteiger partial charge in [0.05, 0.1) is 12.2 Å². The van der Waals surface area contributed by atoms with E-state index in [1.165, 1.54) is 0 Å². The van der Waals surface area contributed by atoms with E-state index in [9.17, 15) is 13.6 Å². The first kappa shape index (κ1) is 14.4. The first-order valence-corrected chi connectivity index (χ1v) is 5.40. The largest absolute Gasteiger partial charge is 0.488 e. The molecule has 0 spiro atoms. The molecule has 0 amide bonds. The fourth-order valence-electron chi connectivity index (χ4n) is 1.34. The van der Waals surface area contributed by atoms with E-state index in [0.29, 0.717) is 19.4 Å². The van der Waals surface area contributed by atoms with Crippen LogP contribution in [0, 0.1) is 11.6 Å². The van der Waals surface area contributed by atoms with Crippen molar-refractivity contribution in [3.05, 3.63) is 29.3 Å². The number of benzene rings is 1. The topological polar surface area (TPSA) is 55.8 Å². The summed E-state index contributed by atoms with van der Waals surface area (Å²) in [6.45, 7) is 0.690. The molecule has 0 fully saturated rings. The van der Waals surface area contributed by atoms with Crippen molar-refractivity contribution in [1.82, 2.24) is 0 Å². The zero-order chi connectivity index (χ0) is 13.5. The van der Waals surface area contributed by atoms with Crippen molar-refractivity contribution in [2.24, 2.45) is 0 Å². The van der Waals surface area contributed by atoms with E-state index >= 15 is 0 Å². The molecule has 0 atom stereocenters. The summed E-state index contributed by atoms with van der Waals surface area (Å²) in [5.41, 5.74) is -0.447. The molecule has 0 heterocycles. The third-order valence-corrected chi connectivity index (χ3v) is 2.23. The maximum absolute atomic E-state index is 13.4. The summed E-state index contributed by atoms with van der Waals surface area (Å²) in [5.74, 6) is -3.96. The molecule has 0 aliphatic carbocycles. The lowest BCUT2D eigenvalue weighted by molar-refractivity contribution is 0.0695. The first-order valence-electron chi connectivity index (χ1n) is 5.40. The third kappa shape index (κ3) is 3.96. The second-order valence-corrected chi connectivity index (χ2v) is 3.62. The van der Waals surface area contributed by atoms with Crippen LogP contribution in [0.4, 0.5) is 8.78 Å². The van der Waals surface area contributed by atoms with Gasteiger partial charge < -0.3 is 14.6 Å². The van der Waals surface area contributed by atoms with Gasteiger partial charge in [0, 0.05) is 13.7 Å². The minimum atomic E-state index is -1.39. The summed E-state index contributed by atoms with van der Waals surface area (Å²) in [4.78, 5) is 10.6. The molecule has 18 heavy (non-hydrogen) atoms. The molecule has 0 aliphatic rings. The van der Waals surface area contributed by atoms with E-state index in [0.717, 1.165) is 12.1 Å². The number of halogens is 2. The van der Waals surface area contributed by atoms with Gasteiger partial charge in [0.25, 0.3) is 0 Å². The Morgan fingerprint density at radius 1 is 1.22 bits per heavy atom. The maximum atomic E-state index is 13.4. The van der Waals surface area contributed by atoms with Crippen LogP contribution in [-0.4, -0.2) is 31.4 Å². The van der Waals surface area contributed by atoms with Gasteiger partial charge in [-0.05, 0) is 25.0 Å². The summed E-state index contributed by atoms with van der Waals surface area (Å²) in [5, 5.41) is 8.61. The number of hydrogen-bond acceptors (Lipinski definition) is 3. The van der Waals surface area contributed by atoms with Crippen LogP contribution in [0.3, 0.4) is 0 Å². The van der Waals surface area contributed by atoms with Gasteiger partial charge in [0.2, 0.25) is 0 Å². The number of rotatable bonds is 7. The zero-order valence-electron chi connectivity index (χ0n) is 9.91. The molecule has 0 aliphatic heterocycles. The SMILES string of the molecule is COCCCCOc1c(F)cc(C(=O)O)cc1F. The van der Waals surface area contributed by atoms with Crippen LogP contribution in [0.2, 0.25) is 0 Å². The number of aromatic carboxylic acids is 1. The normalized spacial score (nSPS) is 10.4. The standard InChI is InChI=1S/C12H14F2O4/c1-17-4-2-3-5-18-11-9(13)6-8(12(15)16)7-10(11)14/h6-7H,2-5H2,1H3,(H,15,16). The van der Waals surface area contributed by atoms with Gasteiger partial charge in [-0.1, -0.05) is 0 Å². The van der Waals surface area contributed by atoms with Crippen LogP contribution >= 0.6 is 0 Å². The lowest BCUT2D eigenvalue weighted by Crippen LogP contribution is -2.05. The molecule has 1 aromatic rings. The van der Waals surface area contributed by atoms with Crippen LogP contribution in [0.5, 0.6) is 5.75 Å². The van der Waals surface area contributed by atoms with Crippen LogP contribution < -0.4 is 4.74 Å². The Morgan fingerprint density at radius 3 is 2.28 bits per heavy atom. The second kappa shape index (κ2) is 6.90. The monoisotopic (exact) mass is 260 g/mol. The minimum Gasteiger partial charge on any atom is -0.488 e. The van der Waals surface area contributed by atoms with Gasteiger partial charge in [-0.25, -0.2) is 13.6 Å². The molecule has 4 nitrogen and oxygen atoms in total. The molecule has 1 N–H and O–H groups in total. The quantitative estimate of drug-likeness (QED) is 0.765. The van der Waals surface area contributed by atoms with Crippen molar-refractivity contribution >= 4 is 5.97 Å². The molecule has 1 rings (SSSR count). The van der Waals surface area contributed by atoms with Crippen LogP contribution in [0.1, 0.15) is 23.2 Å². The number of methoxy groups -OCH3 is 1. The Hall–Kier alpha value is -1.69. The van der Waals surface area contributed by atoms with E-state index in [4.69, 9.17) is 14.6 Å². The Kier molecular flexibility index (Phi) is 5.51. The average molecular weight is 260 g/mol. The molecular weight excluding hydrogens is 246 g/mol. The number of unbranched alkanes of at least 4 members (excludes halogenated alkanes) is 1. The highest BCUT2D eigenvalue weighted by molar-refractivity contribution is 5.87. The van der Waals surface area contributed by atoms with E-state index in [-0.39, 0.29) is 6.61 Å². The Balaban J connectivity index is 2.63. The highest BCUT2D eigenvalue weighted by atomic mass is 19.1. The van der Waals surface area contributed by atoms with Crippen molar-refractivity contribution < 1.29 is 28.2 Å². The molecule has 0 unspecified atom stereocenters. The molecule has 0 radical (unpaired) electrons. The fourth-order valence-corrected chi connectivity index (χ4v) is 1.34. The smallest absolute Gasteiger partial charge is 0.335 e. The van der Waals surface area contributed by atoms with Gasteiger partial charge in [-0.3, -0.25) is 0 Å². The summed E-state index contributed by atoms with van der Waals surface area (Å²) < 4.78 is 36.6. The average Bonchev–Trinajstić information content (AvgIpc) is 2.31. The Bertz CT molecular complexity index is 398. The maximum Gasteiger partial charge on any atom is 0.335 e. The van der Waals surface area contributed by atoms with Crippen molar-refractivity contribution in [3.63, 3.8) is 0 Å². The fraction of sp³-hybridized carbons (Fsp3) is 0.417. The van der Waals surface area contributed by atoms with E-state index in [1.54, 1.807) is 7.11 Å². The number of carboxylic acid groups (broad SMARTS) is 1. The highest BCUT2D eigenvalue weighted by Crippen LogP contribution is 2.23. The summed E-state index contributed by atoms with van der Waals surface area (Å²) in [7, 11) is 1.56. The molecule has 0 bridgehead atoms. The predicted molar refractivity (Wildman–Crippen MR) is 59.9 cm³/mol. The first-order chi connectivity index (χ1) is 8.56. The molecular formula is C12H14F2O4. The molecule has 6 heteroatoms. The predicted octanol–water partition coefficient (Wildman–Crippen LogP) is 2.47. The summed E-state index contributed by atoms with van der Waals surface area (Å²) in [6, 6.07) is 1.46.